The molecule has 0 saturated carbocycles. The Morgan fingerprint density at radius 1 is 1.45 bits per heavy atom. The quantitative estimate of drug-likeness (QED) is 0.837. The van der Waals surface area contributed by atoms with Crippen LogP contribution in [0.2, 0.25) is 0 Å². The zero-order chi connectivity index (χ0) is 14.4. The van der Waals surface area contributed by atoms with Crippen LogP contribution in [0.25, 0.3) is 0 Å². The van der Waals surface area contributed by atoms with Crippen molar-refractivity contribution in [2.45, 2.75) is 6.42 Å². The first-order chi connectivity index (χ1) is 9.70. The fourth-order valence-electron chi connectivity index (χ4n) is 1.46. The normalized spacial score (nSPS) is 9.70. The first kappa shape index (κ1) is 13.8. The fourth-order valence-corrected chi connectivity index (χ4v) is 1.46. The summed E-state index contributed by atoms with van der Waals surface area (Å²) < 4.78 is 17.8. The van der Waals surface area contributed by atoms with Gasteiger partial charge >= 0.3 is 0 Å². The summed E-state index contributed by atoms with van der Waals surface area (Å²) in [6.07, 6.45) is 1.55. The molecule has 0 aliphatic rings. The van der Waals surface area contributed by atoms with E-state index in [4.69, 9.17) is 5.11 Å². The van der Waals surface area contributed by atoms with E-state index in [1.54, 1.807) is 0 Å². The van der Waals surface area contributed by atoms with Crippen molar-refractivity contribution in [3.8, 4) is 11.8 Å². The second-order valence-corrected chi connectivity index (χ2v) is 3.80. The summed E-state index contributed by atoms with van der Waals surface area (Å²) in [5.74, 6) is 4.44. The number of carbonyl (C=O) groups is 1. The Morgan fingerprint density at radius 3 is 3.00 bits per heavy atom. The lowest BCUT2D eigenvalue weighted by Crippen LogP contribution is -2.13. The molecule has 2 aromatic rings. The molecule has 6 heteroatoms. The molecule has 0 bridgehead atoms. The maximum atomic E-state index is 13.2. The molecular formula is C14H11FN2O3. The molecule has 0 unspecified atom stereocenters. The van der Waals surface area contributed by atoms with Gasteiger partial charge < -0.3 is 14.9 Å². The van der Waals surface area contributed by atoms with Crippen LogP contribution in [0.5, 0.6) is 0 Å². The van der Waals surface area contributed by atoms with Crippen molar-refractivity contribution in [2.24, 2.45) is 0 Å². The van der Waals surface area contributed by atoms with Crippen molar-refractivity contribution in [3.63, 3.8) is 0 Å². The third-order valence-corrected chi connectivity index (χ3v) is 2.36. The molecule has 1 aromatic carbocycles. The summed E-state index contributed by atoms with van der Waals surface area (Å²) in [4.78, 5) is 11.8. The number of hydrogen-bond acceptors (Lipinski definition) is 4. The molecule has 0 aliphatic heterocycles. The Bertz CT molecular complexity index is 657. The van der Waals surface area contributed by atoms with Crippen molar-refractivity contribution in [1.82, 2.24) is 5.16 Å². The number of rotatable bonds is 3. The highest BCUT2D eigenvalue weighted by molar-refractivity contribution is 6.03. The summed E-state index contributed by atoms with van der Waals surface area (Å²) in [5.41, 5.74) is 0.809. The number of aromatic nitrogens is 1. The van der Waals surface area contributed by atoms with Gasteiger partial charge in [-0.2, -0.15) is 0 Å². The molecule has 0 saturated heterocycles. The molecule has 0 radical (unpaired) electrons. The van der Waals surface area contributed by atoms with Crippen LogP contribution in [0.3, 0.4) is 0 Å². The predicted molar refractivity (Wildman–Crippen MR) is 69.4 cm³/mol. The molecular weight excluding hydrogens is 263 g/mol. The van der Waals surface area contributed by atoms with Crippen LogP contribution in [0.4, 0.5) is 10.1 Å². The first-order valence-corrected chi connectivity index (χ1v) is 5.81. The van der Waals surface area contributed by atoms with Gasteiger partial charge in [0.1, 0.15) is 12.1 Å². The molecule has 0 aliphatic carbocycles. The third-order valence-electron chi connectivity index (χ3n) is 2.36. The van der Waals surface area contributed by atoms with Crippen molar-refractivity contribution >= 4 is 11.6 Å². The maximum Gasteiger partial charge on any atom is 0.277 e. The van der Waals surface area contributed by atoms with Crippen molar-refractivity contribution < 1.29 is 18.8 Å². The molecule has 0 spiro atoms. The number of nitrogens with one attached hydrogen (secondary N) is 1. The zero-order valence-electron chi connectivity index (χ0n) is 10.4. The van der Waals surface area contributed by atoms with Crippen molar-refractivity contribution in [2.75, 3.05) is 11.9 Å². The summed E-state index contributed by atoms with van der Waals surface area (Å²) in [6, 6.07) is 5.25. The highest BCUT2D eigenvalue weighted by atomic mass is 19.1. The third kappa shape index (κ3) is 3.43. The molecule has 0 fully saturated rings. The Morgan fingerprint density at radius 2 is 2.30 bits per heavy atom. The van der Waals surface area contributed by atoms with E-state index in [1.165, 1.54) is 30.5 Å². The number of halogens is 1. The fraction of sp³-hybridized carbons (Fsp3) is 0.143. The molecule has 0 atom stereocenters. The monoisotopic (exact) mass is 274 g/mol. The van der Waals surface area contributed by atoms with Gasteiger partial charge in [-0.05, 0) is 18.2 Å². The van der Waals surface area contributed by atoms with E-state index in [-0.39, 0.29) is 18.7 Å². The van der Waals surface area contributed by atoms with Gasteiger partial charge in [0.25, 0.3) is 5.91 Å². The van der Waals surface area contributed by atoms with Gasteiger partial charge in [-0.15, -0.1) is 0 Å². The van der Waals surface area contributed by atoms with Crippen molar-refractivity contribution in [3.05, 3.63) is 47.6 Å². The van der Waals surface area contributed by atoms with Gasteiger partial charge in [0, 0.05) is 12.5 Å². The number of anilines is 1. The topological polar surface area (TPSA) is 75.4 Å². The minimum absolute atomic E-state index is 0.0804. The van der Waals surface area contributed by atoms with E-state index in [0.717, 1.165) is 0 Å². The molecule has 1 amide bonds. The van der Waals surface area contributed by atoms with E-state index in [1.807, 2.05) is 0 Å². The van der Waals surface area contributed by atoms with Gasteiger partial charge in [0.2, 0.25) is 0 Å². The van der Waals surface area contributed by atoms with Gasteiger partial charge in [-0.25, -0.2) is 4.39 Å². The average molecular weight is 274 g/mol. The zero-order valence-corrected chi connectivity index (χ0v) is 10.4. The Labute approximate surface area is 114 Å². The SMILES string of the molecule is O=C(Nc1ccc(F)cc1C#CCCO)c1ccon1. The van der Waals surface area contributed by atoms with Gasteiger partial charge in [-0.1, -0.05) is 17.0 Å². The molecule has 2 rings (SSSR count). The predicted octanol–water partition coefficient (Wildman–Crippen LogP) is 1.80. The summed E-state index contributed by atoms with van der Waals surface area (Å²) in [6.45, 7) is -0.0804. The molecule has 20 heavy (non-hydrogen) atoms. The molecule has 5 nitrogen and oxygen atoms in total. The second kappa shape index (κ2) is 6.50. The lowest BCUT2D eigenvalue weighted by molar-refractivity contribution is 0.101. The van der Waals surface area contributed by atoms with Gasteiger partial charge in [0.15, 0.2) is 5.69 Å². The van der Waals surface area contributed by atoms with Crippen LogP contribution in [0.1, 0.15) is 22.5 Å². The summed E-state index contributed by atoms with van der Waals surface area (Å²) >= 11 is 0. The first-order valence-electron chi connectivity index (χ1n) is 5.81. The number of aliphatic hydroxyl groups excluding tert-OH is 1. The molecule has 2 N–H and O–H groups in total. The Kier molecular flexibility index (Phi) is 4.47. The van der Waals surface area contributed by atoms with Gasteiger partial charge in [-0.3, -0.25) is 4.79 Å². The second-order valence-electron chi connectivity index (χ2n) is 3.80. The highest BCUT2D eigenvalue weighted by Crippen LogP contribution is 2.17. The van der Waals surface area contributed by atoms with E-state index in [0.29, 0.717) is 11.3 Å². The molecule has 1 aromatic heterocycles. The lowest BCUT2D eigenvalue weighted by atomic mass is 10.1. The number of benzene rings is 1. The number of hydrogen-bond donors (Lipinski definition) is 2. The van der Waals surface area contributed by atoms with Crippen molar-refractivity contribution in [1.29, 1.82) is 0 Å². The molecule has 1 heterocycles. The summed E-state index contributed by atoms with van der Waals surface area (Å²) in [5, 5.41) is 14.8. The van der Waals surface area contributed by atoms with Crippen LogP contribution < -0.4 is 5.32 Å². The Hall–Kier alpha value is -2.65. The summed E-state index contributed by atoms with van der Waals surface area (Å²) in [7, 11) is 0. The largest absolute Gasteiger partial charge is 0.395 e. The van der Waals surface area contributed by atoms with Crippen LogP contribution >= 0.6 is 0 Å². The van der Waals surface area contributed by atoms with Crippen LogP contribution in [-0.4, -0.2) is 22.8 Å². The van der Waals surface area contributed by atoms with Gasteiger partial charge in [0.05, 0.1) is 17.9 Å². The number of aliphatic hydroxyl groups is 1. The van der Waals surface area contributed by atoms with E-state index >= 15 is 0 Å². The highest BCUT2D eigenvalue weighted by Gasteiger charge is 2.11. The smallest absolute Gasteiger partial charge is 0.277 e. The average Bonchev–Trinajstić information content (AvgIpc) is 2.96. The number of nitrogens with zero attached hydrogens (tertiary/aromatic N) is 1. The number of carbonyl (C=O) groups excluding carboxylic acids is 1. The maximum absolute atomic E-state index is 13.2. The minimum Gasteiger partial charge on any atom is -0.395 e. The lowest BCUT2D eigenvalue weighted by Gasteiger charge is -2.05. The van der Waals surface area contributed by atoms with E-state index in [2.05, 4.69) is 26.8 Å². The Balaban J connectivity index is 2.23. The van der Waals surface area contributed by atoms with E-state index < -0.39 is 11.7 Å². The van der Waals surface area contributed by atoms with Crippen LogP contribution in [0.15, 0.2) is 35.1 Å². The van der Waals surface area contributed by atoms with E-state index in [9.17, 15) is 9.18 Å². The van der Waals surface area contributed by atoms with Crippen LogP contribution in [0, 0.1) is 17.7 Å². The van der Waals surface area contributed by atoms with Crippen LogP contribution in [-0.2, 0) is 0 Å². The minimum atomic E-state index is -0.476. The number of amides is 1. The standard InChI is InChI=1S/C14H11FN2O3/c15-11-4-5-12(10(9-11)3-1-2-7-18)16-14(19)13-6-8-20-17-13/h4-6,8-9,18H,2,7H2,(H,16,19). The molecule has 102 valence electrons.